The van der Waals surface area contributed by atoms with E-state index in [1.807, 2.05) is 49.3 Å². The minimum absolute atomic E-state index is 0.0261. The van der Waals surface area contributed by atoms with Crippen molar-refractivity contribution in [1.29, 1.82) is 0 Å². The molecule has 146 valence electrons. The number of hydrogen-bond acceptors (Lipinski definition) is 5. The van der Waals surface area contributed by atoms with Crippen LogP contribution in [0, 0.1) is 0 Å². The number of amides is 1. The third kappa shape index (κ3) is 5.53. The molecular weight excluding hydrogens is 366 g/mol. The van der Waals surface area contributed by atoms with Gasteiger partial charge in [0.05, 0.1) is 7.11 Å². The fourth-order valence-electron chi connectivity index (χ4n) is 2.71. The summed E-state index contributed by atoms with van der Waals surface area (Å²) in [6.45, 7) is 1.55. The van der Waals surface area contributed by atoms with Gasteiger partial charge in [-0.3, -0.25) is 4.79 Å². The Morgan fingerprint density at radius 2 is 1.81 bits per heavy atom. The molecule has 2 aromatic carbocycles. The number of methoxy groups -OCH3 is 1. The molecule has 7 nitrogen and oxygen atoms in total. The lowest BCUT2D eigenvalue weighted by Crippen LogP contribution is -2.34. The minimum atomic E-state index is -3.85. The summed E-state index contributed by atoms with van der Waals surface area (Å²) in [6, 6.07) is 14.0. The number of ether oxygens (including phenoxy) is 1. The van der Waals surface area contributed by atoms with E-state index < -0.39 is 10.0 Å². The van der Waals surface area contributed by atoms with Gasteiger partial charge in [-0.15, -0.1) is 0 Å². The molecular formula is C19H25N3O4S. The van der Waals surface area contributed by atoms with Crippen LogP contribution >= 0.6 is 0 Å². The zero-order valence-electron chi connectivity index (χ0n) is 15.9. The van der Waals surface area contributed by atoms with E-state index in [1.165, 1.54) is 26.2 Å². The van der Waals surface area contributed by atoms with E-state index >= 15 is 0 Å². The molecule has 0 heterocycles. The second kappa shape index (κ2) is 8.98. The molecule has 0 radical (unpaired) electrons. The third-order valence-electron chi connectivity index (χ3n) is 4.05. The van der Waals surface area contributed by atoms with E-state index in [1.54, 1.807) is 6.07 Å². The molecule has 0 bridgehead atoms. The standard InChI is InChI=1S/C19H25N3O4S/c1-14(23)21-16-10-11-18(26-4)19(12-16)27(24,25)20-13-17(22(2)3)15-8-6-5-7-9-15/h5-12,17,20H,13H2,1-4H3,(H,21,23)/t17-/m1/s1. The Labute approximate surface area is 160 Å². The van der Waals surface area contributed by atoms with Crippen molar-refractivity contribution < 1.29 is 17.9 Å². The molecule has 8 heteroatoms. The van der Waals surface area contributed by atoms with Crippen LogP contribution in [0.4, 0.5) is 5.69 Å². The maximum absolute atomic E-state index is 12.9. The Hall–Kier alpha value is -2.42. The highest BCUT2D eigenvalue weighted by Gasteiger charge is 2.23. The van der Waals surface area contributed by atoms with Gasteiger partial charge in [-0.25, -0.2) is 13.1 Å². The van der Waals surface area contributed by atoms with Gasteiger partial charge in [-0.1, -0.05) is 30.3 Å². The highest BCUT2D eigenvalue weighted by molar-refractivity contribution is 7.89. The Morgan fingerprint density at radius 3 is 2.37 bits per heavy atom. The quantitative estimate of drug-likeness (QED) is 0.721. The molecule has 0 saturated carbocycles. The van der Waals surface area contributed by atoms with Crippen molar-refractivity contribution in [1.82, 2.24) is 9.62 Å². The number of nitrogens with zero attached hydrogens (tertiary/aromatic N) is 1. The number of sulfonamides is 1. The highest BCUT2D eigenvalue weighted by Crippen LogP contribution is 2.27. The molecule has 2 aromatic rings. The summed E-state index contributed by atoms with van der Waals surface area (Å²) in [5.41, 5.74) is 1.39. The first-order valence-electron chi connectivity index (χ1n) is 8.41. The van der Waals surface area contributed by atoms with Gasteiger partial charge < -0.3 is 15.0 Å². The van der Waals surface area contributed by atoms with Crippen LogP contribution in [0.15, 0.2) is 53.4 Å². The lowest BCUT2D eigenvalue weighted by atomic mass is 10.1. The predicted octanol–water partition coefficient (Wildman–Crippen LogP) is 2.23. The molecule has 0 aromatic heterocycles. The molecule has 0 aliphatic carbocycles. The van der Waals surface area contributed by atoms with Gasteiger partial charge in [-0.2, -0.15) is 0 Å². The SMILES string of the molecule is COc1ccc(NC(C)=O)cc1S(=O)(=O)NC[C@H](c1ccccc1)N(C)C. The molecule has 0 saturated heterocycles. The average molecular weight is 391 g/mol. The normalized spacial score (nSPS) is 12.6. The summed E-state index contributed by atoms with van der Waals surface area (Å²) in [6.07, 6.45) is 0. The molecule has 0 aliphatic heterocycles. The first-order valence-corrected chi connectivity index (χ1v) is 9.89. The van der Waals surface area contributed by atoms with E-state index in [9.17, 15) is 13.2 Å². The van der Waals surface area contributed by atoms with E-state index in [-0.39, 0.29) is 29.1 Å². The number of likely N-dealkylation sites (N-methyl/N-ethyl adjacent to an activating group) is 1. The number of carbonyl (C=O) groups excluding carboxylic acids is 1. The van der Waals surface area contributed by atoms with E-state index in [0.29, 0.717) is 5.69 Å². The van der Waals surface area contributed by atoms with Crippen molar-refractivity contribution in [3.63, 3.8) is 0 Å². The average Bonchev–Trinajstić information content (AvgIpc) is 2.62. The topological polar surface area (TPSA) is 87.7 Å². The summed E-state index contributed by atoms with van der Waals surface area (Å²) < 4.78 is 33.6. The zero-order valence-corrected chi connectivity index (χ0v) is 16.7. The summed E-state index contributed by atoms with van der Waals surface area (Å²) in [5, 5.41) is 2.58. The molecule has 1 atom stereocenters. The fourth-order valence-corrected chi connectivity index (χ4v) is 3.94. The molecule has 0 fully saturated rings. The van der Waals surface area contributed by atoms with Crippen LogP contribution < -0.4 is 14.8 Å². The van der Waals surface area contributed by atoms with Gasteiger partial charge in [0.15, 0.2) is 0 Å². The van der Waals surface area contributed by atoms with Crippen LogP contribution in [0.1, 0.15) is 18.5 Å². The smallest absolute Gasteiger partial charge is 0.244 e. The van der Waals surface area contributed by atoms with Gasteiger partial charge >= 0.3 is 0 Å². The van der Waals surface area contributed by atoms with Crippen LogP contribution in [0.3, 0.4) is 0 Å². The summed E-state index contributed by atoms with van der Waals surface area (Å²) in [7, 11) is 1.34. The Morgan fingerprint density at radius 1 is 1.15 bits per heavy atom. The van der Waals surface area contributed by atoms with Crippen molar-refractivity contribution in [2.45, 2.75) is 17.9 Å². The number of hydrogen-bond donors (Lipinski definition) is 2. The molecule has 1 amide bonds. The number of anilines is 1. The van der Waals surface area contributed by atoms with Gasteiger partial charge in [-0.05, 0) is 37.9 Å². The fraction of sp³-hybridized carbons (Fsp3) is 0.316. The van der Waals surface area contributed by atoms with Crippen molar-refractivity contribution in [2.24, 2.45) is 0 Å². The van der Waals surface area contributed by atoms with Gasteiger partial charge in [0, 0.05) is 25.2 Å². The molecule has 0 spiro atoms. The van der Waals surface area contributed by atoms with Crippen LogP contribution in [-0.4, -0.2) is 47.0 Å². The van der Waals surface area contributed by atoms with Gasteiger partial charge in [0.2, 0.25) is 15.9 Å². The lowest BCUT2D eigenvalue weighted by Gasteiger charge is -2.25. The van der Waals surface area contributed by atoms with Crippen molar-refractivity contribution in [3.8, 4) is 5.75 Å². The first-order chi connectivity index (χ1) is 12.7. The number of carbonyl (C=O) groups is 1. The molecule has 2 N–H and O–H groups in total. The summed E-state index contributed by atoms with van der Waals surface area (Å²) in [5.74, 6) is -0.0778. The van der Waals surface area contributed by atoms with Gasteiger partial charge in [0.1, 0.15) is 10.6 Å². The highest BCUT2D eigenvalue weighted by atomic mass is 32.2. The molecule has 0 aliphatic rings. The van der Waals surface area contributed by atoms with Crippen molar-refractivity contribution in [2.75, 3.05) is 33.1 Å². The Balaban J connectivity index is 2.28. The van der Waals surface area contributed by atoms with Crippen molar-refractivity contribution in [3.05, 3.63) is 54.1 Å². The Bertz CT molecular complexity index is 883. The molecule has 2 rings (SSSR count). The summed E-state index contributed by atoms with van der Waals surface area (Å²) in [4.78, 5) is 13.2. The van der Waals surface area contributed by atoms with Crippen LogP contribution in [0.5, 0.6) is 5.75 Å². The number of benzene rings is 2. The third-order valence-corrected chi connectivity index (χ3v) is 5.49. The maximum Gasteiger partial charge on any atom is 0.244 e. The zero-order chi connectivity index (χ0) is 20.0. The summed E-state index contributed by atoms with van der Waals surface area (Å²) >= 11 is 0. The van der Waals surface area contributed by atoms with Crippen LogP contribution in [0.25, 0.3) is 0 Å². The van der Waals surface area contributed by atoms with E-state index in [2.05, 4.69) is 10.0 Å². The van der Waals surface area contributed by atoms with Crippen LogP contribution in [-0.2, 0) is 14.8 Å². The Kier molecular flexibility index (Phi) is 6.95. The number of rotatable bonds is 8. The minimum Gasteiger partial charge on any atom is -0.495 e. The second-order valence-electron chi connectivity index (χ2n) is 6.29. The molecule has 0 unspecified atom stereocenters. The molecule has 27 heavy (non-hydrogen) atoms. The van der Waals surface area contributed by atoms with Gasteiger partial charge in [0.25, 0.3) is 0 Å². The van der Waals surface area contributed by atoms with E-state index in [0.717, 1.165) is 5.56 Å². The monoisotopic (exact) mass is 391 g/mol. The largest absolute Gasteiger partial charge is 0.495 e. The van der Waals surface area contributed by atoms with E-state index in [4.69, 9.17) is 4.74 Å². The maximum atomic E-state index is 12.9. The predicted molar refractivity (Wildman–Crippen MR) is 105 cm³/mol. The second-order valence-corrected chi connectivity index (χ2v) is 8.02. The van der Waals surface area contributed by atoms with Crippen molar-refractivity contribution >= 4 is 21.6 Å². The van der Waals surface area contributed by atoms with Crippen LogP contribution in [0.2, 0.25) is 0 Å². The first kappa shape index (κ1) is 20.9. The number of nitrogens with one attached hydrogen (secondary N) is 2. The lowest BCUT2D eigenvalue weighted by molar-refractivity contribution is -0.114.